The summed E-state index contributed by atoms with van der Waals surface area (Å²) in [5.74, 6) is 0.495. The highest BCUT2D eigenvalue weighted by molar-refractivity contribution is 6.07. The number of pyridine rings is 1. The molecule has 2 aromatic carbocycles. The van der Waals surface area contributed by atoms with Crippen molar-refractivity contribution in [3.05, 3.63) is 99.6 Å². The molecule has 0 amide bonds. The van der Waals surface area contributed by atoms with E-state index in [1.165, 1.54) is 5.56 Å². The third-order valence-corrected chi connectivity index (χ3v) is 6.92. The number of furan rings is 1. The summed E-state index contributed by atoms with van der Waals surface area (Å²) in [5, 5.41) is 0.840. The Hall–Kier alpha value is -3.66. The van der Waals surface area contributed by atoms with E-state index >= 15 is 0 Å². The number of allylic oxidation sites excluding steroid dienone is 1. The van der Waals surface area contributed by atoms with Crippen LogP contribution in [-0.2, 0) is 23.2 Å². The second kappa shape index (κ2) is 8.84. The number of rotatable bonds is 4. The number of aromatic nitrogens is 1. The zero-order chi connectivity index (χ0) is 24.7. The maximum Gasteiger partial charge on any atom is 0.339 e. The van der Waals surface area contributed by atoms with Crippen LogP contribution in [0.3, 0.4) is 0 Å². The average Bonchev–Trinajstić information content (AvgIpc) is 3.46. The van der Waals surface area contributed by atoms with Crippen LogP contribution < -0.4 is 0 Å². The fourth-order valence-electron chi connectivity index (χ4n) is 4.92. The molecule has 0 radical (unpaired) electrons. The van der Waals surface area contributed by atoms with Gasteiger partial charge < -0.3 is 9.15 Å². The van der Waals surface area contributed by atoms with E-state index in [1.54, 1.807) is 6.26 Å². The van der Waals surface area contributed by atoms with Gasteiger partial charge in [0.1, 0.15) is 12.4 Å². The molecule has 4 nitrogen and oxygen atoms in total. The molecule has 5 rings (SSSR count). The first-order chi connectivity index (χ1) is 16.7. The molecule has 1 aliphatic carbocycles. The van der Waals surface area contributed by atoms with Crippen LogP contribution in [0.5, 0.6) is 0 Å². The molecule has 0 bridgehead atoms. The number of benzene rings is 2. The fourth-order valence-corrected chi connectivity index (χ4v) is 4.92. The van der Waals surface area contributed by atoms with E-state index in [0.717, 1.165) is 63.0 Å². The first-order valence-electron chi connectivity index (χ1n) is 12.2. The Kier molecular flexibility index (Phi) is 5.84. The van der Waals surface area contributed by atoms with Gasteiger partial charge >= 0.3 is 5.97 Å². The molecule has 4 aromatic rings. The molecular formula is C31H31NO3. The summed E-state index contributed by atoms with van der Waals surface area (Å²) >= 11 is 0. The van der Waals surface area contributed by atoms with E-state index in [2.05, 4.69) is 46.8 Å². The van der Waals surface area contributed by atoms with Gasteiger partial charge in [-0.05, 0) is 89.8 Å². The number of fused-ring (bicyclic) bond motifs is 2. The molecular weight excluding hydrogens is 434 g/mol. The van der Waals surface area contributed by atoms with Gasteiger partial charge in [0.15, 0.2) is 0 Å². The Balaban J connectivity index is 1.51. The molecule has 0 fully saturated rings. The lowest BCUT2D eigenvalue weighted by Crippen LogP contribution is -2.14. The standard InChI is InChI=1S/C31H31NO3/c1-19-15-22(31(3,4)5)16-20(2)26(19)18-35-30(33)28-24-10-6-7-11-27(24)32-29-21(12-13-25(28)29)17-23-9-8-14-34-23/h6-11,14-17H,12-13,18H2,1-5H3. The van der Waals surface area contributed by atoms with Crippen LogP contribution in [0, 0.1) is 13.8 Å². The van der Waals surface area contributed by atoms with Crippen molar-refractivity contribution in [2.24, 2.45) is 0 Å². The van der Waals surface area contributed by atoms with Crippen molar-refractivity contribution in [2.75, 3.05) is 0 Å². The van der Waals surface area contributed by atoms with Gasteiger partial charge in [-0.3, -0.25) is 0 Å². The molecule has 0 atom stereocenters. The minimum atomic E-state index is -0.294. The number of carbonyl (C=O) groups is 1. The molecule has 0 N–H and O–H groups in total. The maximum atomic E-state index is 13.6. The molecule has 0 saturated carbocycles. The van der Waals surface area contributed by atoms with Gasteiger partial charge in [-0.15, -0.1) is 0 Å². The summed E-state index contributed by atoms with van der Waals surface area (Å²) < 4.78 is 11.5. The van der Waals surface area contributed by atoms with E-state index in [0.29, 0.717) is 5.56 Å². The third-order valence-electron chi connectivity index (χ3n) is 6.92. The SMILES string of the molecule is Cc1cc(C(C)(C)C)cc(C)c1COC(=O)c1c2c(nc3ccccc13)C(=Cc1ccco1)CC2. The summed E-state index contributed by atoms with van der Waals surface area (Å²) in [6.07, 6.45) is 5.25. The number of esters is 1. The monoisotopic (exact) mass is 465 g/mol. The van der Waals surface area contributed by atoms with Crippen LogP contribution in [0.25, 0.3) is 22.6 Å². The lowest BCUT2D eigenvalue weighted by Gasteiger charge is -2.22. The minimum Gasteiger partial charge on any atom is -0.465 e. The minimum absolute atomic E-state index is 0.0715. The smallest absolute Gasteiger partial charge is 0.339 e. The van der Waals surface area contributed by atoms with E-state index < -0.39 is 0 Å². The zero-order valence-electron chi connectivity index (χ0n) is 21.1. The van der Waals surface area contributed by atoms with Gasteiger partial charge in [0.2, 0.25) is 0 Å². The van der Waals surface area contributed by atoms with Gasteiger partial charge in [-0.25, -0.2) is 9.78 Å². The highest BCUT2D eigenvalue weighted by Gasteiger charge is 2.28. The summed E-state index contributed by atoms with van der Waals surface area (Å²) in [5.41, 5.74) is 9.07. The summed E-state index contributed by atoms with van der Waals surface area (Å²) in [6.45, 7) is 11.1. The predicted molar refractivity (Wildman–Crippen MR) is 140 cm³/mol. The van der Waals surface area contributed by atoms with Crippen LogP contribution in [0.4, 0.5) is 0 Å². The van der Waals surface area contributed by atoms with Gasteiger partial charge in [0, 0.05) is 5.39 Å². The average molecular weight is 466 g/mol. The molecule has 0 spiro atoms. The van der Waals surface area contributed by atoms with E-state index in [4.69, 9.17) is 14.1 Å². The highest BCUT2D eigenvalue weighted by atomic mass is 16.5. The summed E-state index contributed by atoms with van der Waals surface area (Å²) in [6, 6.07) is 16.0. The van der Waals surface area contributed by atoms with Crippen LogP contribution in [-0.4, -0.2) is 11.0 Å². The number of ether oxygens (including phenoxy) is 1. The molecule has 0 saturated heterocycles. The maximum absolute atomic E-state index is 13.6. The summed E-state index contributed by atoms with van der Waals surface area (Å²) in [7, 11) is 0. The lowest BCUT2D eigenvalue weighted by molar-refractivity contribution is 0.0472. The van der Waals surface area contributed by atoms with Crippen molar-refractivity contribution in [1.82, 2.24) is 4.98 Å². The highest BCUT2D eigenvalue weighted by Crippen LogP contribution is 2.38. The molecule has 178 valence electrons. The molecule has 1 aliphatic rings. The fraction of sp³-hybridized carbons (Fsp3) is 0.290. The van der Waals surface area contributed by atoms with Crippen molar-refractivity contribution < 1.29 is 13.9 Å². The molecule has 0 unspecified atom stereocenters. The lowest BCUT2D eigenvalue weighted by atomic mass is 9.84. The van der Waals surface area contributed by atoms with Crippen LogP contribution in [0.15, 0.2) is 59.2 Å². The number of aryl methyl sites for hydroxylation is 2. The Morgan fingerprint density at radius 1 is 1.06 bits per heavy atom. The normalized spacial score (nSPS) is 14.5. The molecule has 4 heteroatoms. The Morgan fingerprint density at radius 2 is 1.80 bits per heavy atom. The van der Waals surface area contributed by atoms with Gasteiger partial charge in [0.05, 0.1) is 23.0 Å². The van der Waals surface area contributed by atoms with Gasteiger partial charge in [-0.2, -0.15) is 0 Å². The Labute approximate surface area is 206 Å². The van der Waals surface area contributed by atoms with Crippen molar-refractivity contribution in [2.45, 2.75) is 59.5 Å². The zero-order valence-corrected chi connectivity index (χ0v) is 21.1. The molecule has 2 heterocycles. The summed E-state index contributed by atoms with van der Waals surface area (Å²) in [4.78, 5) is 18.5. The molecule has 35 heavy (non-hydrogen) atoms. The number of nitrogens with zero attached hydrogens (tertiary/aromatic N) is 1. The largest absolute Gasteiger partial charge is 0.465 e. The number of hydrogen-bond donors (Lipinski definition) is 0. The molecule has 0 aliphatic heterocycles. The van der Waals surface area contributed by atoms with Crippen molar-refractivity contribution >= 4 is 28.5 Å². The topological polar surface area (TPSA) is 52.3 Å². The van der Waals surface area contributed by atoms with Gasteiger partial charge in [0.25, 0.3) is 0 Å². The first-order valence-corrected chi connectivity index (χ1v) is 12.2. The second-order valence-electron chi connectivity index (χ2n) is 10.4. The Morgan fingerprint density at radius 3 is 2.49 bits per heavy atom. The quantitative estimate of drug-likeness (QED) is 0.291. The van der Waals surface area contributed by atoms with Crippen LogP contribution in [0.2, 0.25) is 0 Å². The van der Waals surface area contributed by atoms with Crippen molar-refractivity contribution in [3.63, 3.8) is 0 Å². The first kappa shape index (κ1) is 23.1. The van der Waals surface area contributed by atoms with Crippen LogP contribution >= 0.6 is 0 Å². The van der Waals surface area contributed by atoms with E-state index in [-0.39, 0.29) is 18.0 Å². The number of hydrogen-bond acceptors (Lipinski definition) is 4. The van der Waals surface area contributed by atoms with Crippen molar-refractivity contribution in [3.8, 4) is 0 Å². The van der Waals surface area contributed by atoms with Gasteiger partial charge in [-0.1, -0.05) is 51.1 Å². The van der Waals surface area contributed by atoms with E-state index in [9.17, 15) is 4.79 Å². The second-order valence-corrected chi connectivity index (χ2v) is 10.4. The molecule has 2 aromatic heterocycles. The predicted octanol–water partition coefficient (Wildman–Crippen LogP) is 7.59. The third kappa shape index (κ3) is 4.41. The number of carbonyl (C=O) groups excluding carboxylic acids is 1. The van der Waals surface area contributed by atoms with Crippen molar-refractivity contribution in [1.29, 1.82) is 0 Å². The van der Waals surface area contributed by atoms with E-state index in [1.807, 2.05) is 42.5 Å². The number of para-hydroxylation sites is 1. The Bertz CT molecular complexity index is 1430. The van der Waals surface area contributed by atoms with Crippen LogP contribution in [0.1, 0.15) is 76.8 Å².